The van der Waals surface area contributed by atoms with Crippen LogP contribution in [0.4, 0.5) is 0 Å². The van der Waals surface area contributed by atoms with Crippen molar-refractivity contribution in [2.45, 2.75) is 110 Å². The van der Waals surface area contributed by atoms with Crippen molar-refractivity contribution in [2.24, 2.45) is 52.3 Å². The van der Waals surface area contributed by atoms with E-state index in [9.17, 15) is 14.7 Å². The summed E-state index contributed by atoms with van der Waals surface area (Å²) in [5, 5.41) is 13.2. The predicted molar refractivity (Wildman–Crippen MR) is 147 cm³/mol. The summed E-state index contributed by atoms with van der Waals surface area (Å²) in [5.74, 6) is 3.73. The molecule has 4 fully saturated rings. The van der Waals surface area contributed by atoms with Gasteiger partial charge in [-0.05, 0) is 135 Å². The molecule has 204 valence electrons. The largest absolute Gasteiger partial charge is 0.481 e. The Morgan fingerprint density at radius 2 is 1.81 bits per heavy atom. The fraction of sp³-hybridized carbons (Fsp3) is 0.818. The number of aldehydes is 1. The first-order chi connectivity index (χ1) is 17.7. The monoisotopic (exact) mass is 507 g/mol. The first kappa shape index (κ1) is 25.8. The number of aliphatic carboxylic acids is 1. The quantitative estimate of drug-likeness (QED) is 0.395. The number of nitrogens with one attached hydrogen (secondary N) is 1. The van der Waals surface area contributed by atoms with Gasteiger partial charge in [-0.15, -0.1) is 0 Å². The topological polar surface area (TPSA) is 66.4 Å². The third-order valence-corrected chi connectivity index (χ3v) is 13.4. The summed E-state index contributed by atoms with van der Waals surface area (Å²) >= 11 is 0. The number of carboxylic acid groups (broad SMARTS) is 1. The van der Waals surface area contributed by atoms with Gasteiger partial charge in [0.15, 0.2) is 0 Å². The van der Waals surface area contributed by atoms with Gasteiger partial charge in [-0.3, -0.25) is 4.79 Å². The van der Waals surface area contributed by atoms with Crippen LogP contribution < -0.4 is 5.32 Å². The number of allylic oxidation sites excluding steroid dienone is 4. The smallest absolute Gasteiger partial charge is 0.306 e. The number of hydrogen-bond acceptors (Lipinski definition) is 3. The highest BCUT2D eigenvalue weighted by Crippen LogP contribution is 2.70. The van der Waals surface area contributed by atoms with Gasteiger partial charge in [0.1, 0.15) is 6.29 Å². The van der Waals surface area contributed by atoms with E-state index in [0.29, 0.717) is 29.7 Å². The van der Waals surface area contributed by atoms with E-state index < -0.39 is 5.97 Å². The summed E-state index contributed by atoms with van der Waals surface area (Å²) in [7, 11) is 0. The molecule has 0 amide bonds. The van der Waals surface area contributed by atoms with Crippen LogP contribution in [0.2, 0.25) is 0 Å². The number of carboxylic acids is 1. The molecule has 0 aliphatic heterocycles. The lowest BCUT2D eigenvalue weighted by Crippen LogP contribution is -2.63. The van der Waals surface area contributed by atoms with Gasteiger partial charge in [0, 0.05) is 5.54 Å². The maximum atomic E-state index is 11.5. The van der Waals surface area contributed by atoms with Crippen LogP contribution in [0, 0.1) is 52.3 Å². The van der Waals surface area contributed by atoms with Crippen LogP contribution in [-0.2, 0) is 9.59 Å². The third kappa shape index (κ3) is 3.85. The summed E-state index contributed by atoms with van der Waals surface area (Å²) in [6.07, 6.45) is 21.6. The molecule has 0 saturated heterocycles. The first-order valence-corrected chi connectivity index (χ1v) is 15.5. The van der Waals surface area contributed by atoms with Gasteiger partial charge in [-0.25, -0.2) is 0 Å². The van der Waals surface area contributed by atoms with E-state index >= 15 is 0 Å². The minimum Gasteiger partial charge on any atom is -0.481 e. The molecule has 4 nitrogen and oxygen atoms in total. The lowest BCUT2D eigenvalue weighted by molar-refractivity contribution is -0.166. The molecule has 4 saturated carbocycles. The highest BCUT2D eigenvalue weighted by Gasteiger charge is 2.64. The highest BCUT2D eigenvalue weighted by molar-refractivity contribution is 5.70. The van der Waals surface area contributed by atoms with Gasteiger partial charge in [0.25, 0.3) is 0 Å². The molecule has 6 rings (SSSR count). The summed E-state index contributed by atoms with van der Waals surface area (Å²) in [4.78, 5) is 22.7. The number of rotatable bonds is 5. The van der Waals surface area contributed by atoms with Crippen molar-refractivity contribution in [2.75, 3.05) is 6.54 Å². The van der Waals surface area contributed by atoms with Crippen molar-refractivity contribution in [3.05, 3.63) is 23.3 Å². The molecule has 6 aliphatic carbocycles. The van der Waals surface area contributed by atoms with Gasteiger partial charge in [-0.1, -0.05) is 39.3 Å². The summed E-state index contributed by atoms with van der Waals surface area (Å²) < 4.78 is 0. The zero-order valence-electron chi connectivity index (χ0n) is 23.4. The second kappa shape index (κ2) is 9.35. The van der Waals surface area contributed by atoms with Crippen molar-refractivity contribution in [3.8, 4) is 0 Å². The molecule has 0 aromatic heterocycles. The maximum Gasteiger partial charge on any atom is 0.306 e. The number of carbonyl (C=O) groups excluding carboxylic acids is 1. The van der Waals surface area contributed by atoms with E-state index in [1.165, 1.54) is 69.8 Å². The number of carbonyl (C=O) groups is 2. The number of fused-ring (bicyclic) bond motifs is 7. The van der Waals surface area contributed by atoms with Crippen molar-refractivity contribution < 1.29 is 14.7 Å². The van der Waals surface area contributed by atoms with Gasteiger partial charge >= 0.3 is 5.97 Å². The van der Waals surface area contributed by atoms with Crippen LogP contribution in [0.3, 0.4) is 0 Å². The average Bonchev–Trinajstić information content (AvgIpc) is 3.32. The molecule has 0 aromatic rings. The van der Waals surface area contributed by atoms with Crippen LogP contribution in [0.15, 0.2) is 23.3 Å². The molecule has 10 atom stereocenters. The van der Waals surface area contributed by atoms with Crippen molar-refractivity contribution in [1.29, 1.82) is 0 Å². The Balaban J connectivity index is 1.24. The molecular formula is C33H49NO3. The lowest BCUT2D eigenvalue weighted by atomic mass is 9.38. The summed E-state index contributed by atoms with van der Waals surface area (Å²) in [6.45, 7) is 8.34. The molecule has 0 aromatic carbocycles. The SMILES string of the molecule is CC1C(C2=CCC(C(=O)O)CC2)=CCC2(C)C1CCC1(C)C3CCC4(NCC=O)CCCC4C3CCC21. The third-order valence-electron chi connectivity index (χ3n) is 13.4. The zero-order valence-corrected chi connectivity index (χ0v) is 23.4. The second-order valence-corrected chi connectivity index (χ2v) is 14.5. The lowest BCUT2D eigenvalue weighted by Gasteiger charge is -2.67. The molecule has 0 radical (unpaired) electrons. The fourth-order valence-corrected chi connectivity index (χ4v) is 11.8. The maximum absolute atomic E-state index is 11.5. The Morgan fingerprint density at radius 3 is 2.54 bits per heavy atom. The summed E-state index contributed by atoms with van der Waals surface area (Å²) in [5.41, 5.74) is 4.06. The van der Waals surface area contributed by atoms with E-state index in [2.05, 4.69) is 38.2 Å². The predicted octanol–water partition coefficient (Wildman–Crippen LogP) is 6.95. The average molecular weight is 508 g/mol. The fourth-order valence-electron chi connectivity index (χ4n) is 11.8. The molecule has 37 heavy (non-hydrogen) atoms. The van der Waals surface area contributed by atoms with E-state index in [0.717, 1.165) is 48.7 Å². The van der Waals surface area contributed by atoms with Crippen molar-refractivity contribution >= 4 is 12.3 Å². The molecule has 0 bridgehead atoms. The Labute approximate surface area is 224 Å². The van der Waals surface area contributed by atoms with Crippen LogP contribution in [0.1, 0.15) is 104 Å². The van der Waals surface area contributed by atoms with E-state index in [1.54, 1.807) is 5.57 Å². The van der Waals surface area contributed by atoms with Crippen LogP contribution in [-0.4, -0.2) is 29.4 Å². The van der Waals surface area contributed by atoms with Crippen molar-refractivity contribution in [1.82, 2.24) is 5.32 Å². The Bertz CT molecular complexity index is 1000. The molecule has 10 unspecified atom stereocenters. The summed E-state index contributed by atoms with van der Waals surface area (Å²) in [6, 6.07) is 0. The van der Waals surface area contributed by atoms with Gasteiger partial charge in [0.05, 0.1) is 12.5 Å². The molecule has 0 heterocycles. The Kier molecular flexibility index (Phi) is 6.53. The molecule has 0 spiro atoms. The first-order valence-electron chi connectivity index (χ1n) is 15.5. The molecule has 6 aliphatic rings. The molecule has 4 heteroatoms. The molecule has 2 N–H and O–H groups in total. The van der Waals surface area contributed by atoms with E-state index in [1.807, 2.05) is 0 Å². The normalized spacial score (nSPS) is 49.0. The minimum atomic E-state index is -0.632. The van der Waals surface area contributed by atoms with Gasteiger partial charge < -0.3 is 15.2 Å². The van der Waals surface area contributed by atoms with E-state index in [-0.39, 0.29) is 11.5 Å². The van der Waals surface area contributed by atoms with Crippen molar-refractivity contribution in [3.63, 3.8) is 0 Å². The molecular weight excluding hydrogens is 458 g/mol. The Morgan fingerprint density at radius 1 is 1.00 bits per heavy atom. The van der Waals surface area contributed by atoms with Crippen LogP contribution in [0.25, 0.3) is 0 Å². The zero-order chi connectivity index (χ0) is 26.0. The Hall–Kier alpha value is -1.42. The van der Waals surface area contributed by atoms with Crippen LogP contribution in [0.5, 0.6) is 0 Å². The van der Waals surface area contributed by atoms with E-state index in [4.69, 9.17) is 0 Å². The second-order valence-electron chi connectivity index (χ2n) is 14.5. The minimum absolute atomic E-state index is 0.193. The number of hydrogen-bond donors (Lipinski definition) is 2. The van der Waals surface area contributed by atoms with Gasteiger partial charge in [0.2, 0.25) is 0 Å². The standard InChI is InChI=1S/C33H49NO3/c1-21-24(22-6-8-23(9-7-22)30(36)37)12-16-31(2)26(21)13-17-32(3)27-14-18-33(34-19-20-35)15-4-5-28(33)25(27)10-11-29(31)32/h6,12,20-21,23,25-29,34H,4-5,7-11,13-19H2,1-3H3,(H,36,37). The van der Waals surface area contributed by atoms with Gasteiger partial charge in [-0.2, -0.15) is 0 Å². The highest BCUT2D eigenvalue weighted by atomic mass is 16.4. The van der Waals surface area contributed by atoms with Crippen LogP contribution >= 0.6 is 0 Å².